The maximum Gasteiger partial charge on any atom is 0.158 e. The molecule has 1 aromatic heterocycles. The third kappa shape index (κ3) is 4.59. The standard InChI is InChI=1S/C13H13ClIN3O/c1-2-19-8-13-17-11(14)7-12(18-13)16-10-5-3-9(15)4-6-10/h3-7H,2,8H2,1H3,(H,16,17,18). The minimum atomic E-state index is 0.360. The molecule has 0 saturated carbocycles. The Bertz CT molecular complexity index is 548. The zero-order valence-electron chi connectivity index (χ0n) is 10.4. The summed E-state index contributed by atoms with van der Waals surface area (Å²) in [4.78, 5) is 8.47. The SMILES string of the molecule is CCOCc1nc(Cl)cc(Nc2ccc(I)cc2)n1. The van der Waals surface area contributed by atoms with E-state index in [4.69, 9.17) is 16.3 Å². The second kappa shape index (κ2) is 7.02. The monoisotopic (exact) mass is 389 g/mol. The van der Waals surface area contributed by atoms with Crippen molar-refractivity contribution in [3.8, 4) is 0 Å². The van der Waals surface area contributed by atoms with E-state index in [1.54, 1.807) is 6.07 Å². The average Bonchev–Trinajstić information content (AvgIpc) is 2.38. The van der Waals surface area contributed by atoms with Crippen molar-refractivity contribution in [1.29, 1.82) is 0 Å². The molecule has 0 aliphatic carbocycles. The molecule has 0 aliphatic rings. The van der Waals surface area contributed by atoms with E-state index in [0.717, 1.165) is 5.69 Å². The molecule has 0 atom stereocenters. The highest BCUT2D eigenvalue weighted by atomic mass is 127. The fourth-order valence-electron chi connectivity index (χ4n) is 1.47. The quantitative estimate of drug-likeness (QED) is 0.620. The summed E-state index contributed by atoms with van der Waals surface area (Å²) < 4.78 is 6.46. The summed E-state index contributed by atoms with van der Waals surface area (Å²) in [7, 11) is 0. The summed E-state index contributed by atoms with van der Waals surface area (Å²) in [6.07, 6.45) is 0. The Hall–Kier alpha value is -0.920. The number of nitrogens with one attached hydrogen (secondary N) is 1. The van der Waals surface area contributed by atoms with E-state index in [1.807, 2.05) is 31.2 Å². The van der Waals surface area contributed by atoms with Gasteiger partial charge in [0.25, 0.3) is 0 Å². The molecule has 0 spiro atoms. The van der Waals surface area contributed by atoms with Crippen LogP contribution in [-0.4, -0.2) is 16.6 Å². The van der Waals surface area contributed by atoms with Gasteiger partial charge in [0.1, 0.15) is 17.6 Å². The van der Waals surface area contributed by atoms with Crippen LogP contribution in [0.3, 0.4) is 0 Å². The van der Waals surface area contributed by atoms with Gasteiger partial charge >= 0.3 is 0 Å². The Morgan fingerprint density at radius 2 is 2.00 bits per heavy atom. The van der Waals surface area contributed by atoms with Crippen LogP contribution in [0.2, 0.25) is 5.15 Å². The summed E-state index contributed by atoms with van der Waals surface area (Å²) in [5.41, 5.74) is 0.956. The van der Waals surface area contributed by atoms with Crippen LogP contribution in [0, 0.1) is 3.57 Å². The molecule has 0 radical (unpaired) electrons. The molecule has 0 bridgehead atoms. The van der Waals surface area contributed by atoms with Gasteiger partial charge in [-0.15, -0.1) is 0 Å². The van der Waals surface area contributed by atoms with Gasteiger partial charge in [0, 0.05) is 21.9 Å². The summed E-state index contributed by atoms with van der Waals surface area (Å²) >= 11 is 8.23. The van der Waals surface area contributed by atoms with Gasteiger partial charge in [-0.1, -0.05) is 11.6 Å². The van der Waals surface area contributed by atoms with E-state index in [0.29, 0.717) is 30.0 Å². The predicted molar refractivity (Wildman–Crippen MR) is 84.8 cm³/mol. The van der Waals surface area contributed by atoms with E-state index in [-0.39, 0.29) is 0 Å². The molecule has 6 heteroatoms. The lowest BCUT2D eigenvalue weighted by Gasteiger charge is -2.08. The first-order valence-corrected chi connectivity index (χ1v) is 7.27. The number of aromatic nitrogens is 2. The Morgan fingerprint density at radius 3 is 2.68 bits per heavy atom. The molecule has 1 N–H and O–H groups in total. The Kier molecular flexibility index (Phi) is 5.35. The summed E-state index contributed by atoms with van der Waals surface area (Å²) in [6.45, 7) is 2.91. The van der Waals surface area contributed by atoms with Crippen LogP contribution in [0.25, 0.3) is 0 Å². The fourth-order valence-corrected chi connectivity index (χ4v) is 2.03. The van der Waals surface area contributed by atoms with Crippen molar-refractivity contribution in [2.45, 2.75) is 13.5 Å². The number of benzene rings is 1. The molecule has 1 heterocycles. The molecule has 0 fully saturated rings. The van der Waals surface area contributed by atoms with Crippen LogP contribution in [0.15, 0.2) is 30.3 Å². The lowest BCUT2D eigenvalue weighted by atomic mass is 10.3. The lowest BCUT2D eigenvalue weighted by Crippen LogP contribution is -2.02. The van der Waals surface area contributed by atoms with Crippen LogP contribution in [0.1, 0.15) is 12.7 Å². The van der Waals surface area contributed by atoms with Gasteiger partial charge in [0.2, 0.25) is 0 Å². The molecule has 1 aromatic carbocycles. The van der Waals surface area contributed by atoms with Crippen LogP contribution < -0.4 is 5.32 Å². The van der Waals surface area contributed by atoms with Crippen molar-refractivity contribution >= 4 is 45.7 Å². The van der Waals surface area contributed by atoms with Crippen molar-refractivity contribution in [3.05, 3.63) is 44.9 Å². The number of anilines is 2. The second-order valence-corrected chi connectivity index (χ2v) is 5.39. The highest BCUT2D eigenvalue weighted by molar-refractivity contribution is 14.1. The van der Waals surface area contributed by atoms with Gasteiger partial charge in [-0.05, 0) is 53.8 Å². The zero-order chi connectivity index (χ0) is 13.7. The number of hydrogen-bond donors (Lipinski definition) is 1. The third-order valence-electron chi connectivity index (χ3n) is 2.29. The van der Waals surface area contributed by atoms with Crippen molar-refractivity contribution in [2.24, 2.45) is 0 Å². The maximum absolute atomic E-state index is 5.97. The maximum atomic E-state index is 5.97. The third-order valence-corrected chi connectivity index (χ3v) is 3.21. The highest BCUT2D eigenvalue weighted by Gasteiger charge is 2.04. The largest absolute Gasteiger partial charge is 0.374 e. The van der Waals surface area contributed by atoms with E-state index in [9.17, 15) is 0 Å². The summed E-state index contributed by atoms with van der Waals surface area (Å²) in [5.74, 6) is 1.23. The van der Waals surface area contributed by atoms with Crippen molar-refractivity contribution in [2.75, 3.05) is 11.9 Å². The first-order chi connectivity index (χ1) is 9.17. The van der Waals surface area contributed by atoms with Crippen LogP contribution in [-0.2, 0) is 11.3 Å². The topological polar surface area (TPSA) is 47.0 Å². The van der Waals surface area contributed by atoms with Gasteiger partial charge in [0.15, 0.2) is 5.82 Å². The lowest BCUT2D eigenvalue weighted by molar-refractivity contribution is 0.128. The predicted octanol–water partition coefficient (Wildman–Crippen LogP) is 4.01. The number of ether oxygens (including phenoxy) is 1. The average molecular weight is 390 g/mol. The first kappa shape index (κ1) is 14.5. The van der Waals surface area contributed by atoms with Gasteiger partial charge < -0.3 is 10.1 Å². The smallest absolute Gasteiger partial charge is 0.158 e. The van der Waals surface area contributed by atoms with E-state index >= 15 is 0 Å². The molecule has 0 saturated heterocycles. The van der Waals surface area contributed by atoms with Gasteiger partial charge in [-0.3, -0.25) is 0 Å². The molecule has 2 aromatic rings. The molecule has 0 unspecified atom stereocenters. The van der Waals surface area contributed by atoms with Gasteiger partial charge in [-0.2, -0.15) is 0 Å². The summed E-state index contributed by atoms with van der Waals surface area (Å²) in [6, 6.07) is 9.70. The van der Waals surface area contributed by atoms with Crippen molar-refractivity contribution < 1.29 is 4.74 Å². The van der Waals surface area contributed by atoms with Crippen LogP contribution in [0.5, 0.6) is 0 Å². The normalized spacial score (nSPS) is 10.5. The number of rotatable bonds is 5. The van der Waals surface area contributed by atoms with Gasteiger partial charge in [0.05, 0.1) is 0 Å². The first-order valence-electron chi connectivity index (χ1n) is 5.81. The molecule has 0 aliphatic heterocycles. The van der Waals surface area contributed by atoms with Crippen molar-refractivity contribution in [1.82, 2.24) is 9.97 Å². The Balaban J connectivity index is 2.15. The Morgan fingerprint density at radius 1 is 1.26 bits per heavy atom. The fraction of sp³-hybridized carbons (Fsp3) is 0.231. The van der Waals surface area contributed by atoms with E-state index in [1.165, 1.54) is 3.57 Å². The number of hydrogen-bond acceptors (Lipinski definition) is 4. The summed E-state index contributed by atoms with van der Waals surface area (Å²) in [5, 5.41) is 3.59. The van der Waals surface area contributed by atoms with Crippen LogP contribution in [0.4, 0.5) is 11.5 Å². The molecule has 2 rings (SSSR count). The minimum Gasteiger partial charge on any atom is -0.374 e. The molecule has 19 heavy (non-hydrogen) atoms. The zero-order valence-corrected chi connectivity index (χ0v) is 13.3. The number of halogens is 2. The van der Waals surface area contributed by atoms with Crippen molar-refractivity contribution in [3.63, 3.8) is 0 Å². The van der Waals surface area contributed by atoms with E-state index < -0.39 is 0 Å². The number of nitrogens with zero attached hydrogens (tertiary/aromatic N) is 2. The van der Waals surface area contributed by atoms with Crippen LogP contribution >= 0.6 is 34.2 Å². The molecule has 100 valence electrons. The highest BCUT2D eigenvalue weighted by Crippen LogP contribution is 2.18. The molecule has 4 nitrogen and oxygen atoms in total. The second-order valence-electron chi connectivity index (χ2n) is 3.76. The van der Waals surface area contributed by atoms with E-state index in [2.05, 4.69) is 37.9 Å². The molecular weight excluding hydrogens is 377 g/mol. The van der Waals surface area contributed by atoms with Gasteiger partial charge in [-0.25, -0.2) is 9.97 Å². The molecular formula is C13H13ClIN3O. The molecule has 0 amide bonds. The Labute approximate surface area is 130 Å². The minimum absolute atomic E-state index is 0.360.